The van der Waals surface area contributed by atoms with Gasteiger partial charge in [-0.05, 0) is 26.7 Å². The molecule has 84 valence electrons. The van der Waals surface area contributed by atoms with Gasteiger partial charge in [0.2, 0.25) is 5.91 Å². The van der Waals surface area contributed by atoms with Crippen molar-refractivity contribution >= 4 is 5.91 Å². The number of amides is 1. The third kappa shape index (κ3) is 5.25. The number of hydrogen-bond donors (Lipinski definition) is 0. The molecule has 1 amide bonds. The van der Waals surface area contributed by atoms with Gasteiger partial charge in [-0.15, -0.1) is 0 Å². The third-order valence-corrected chi connectivity index (χ3v) is 2.40. The lowest BCUT2D eigenvalue weighted by Crippen LogP contribution is -2.37. The fourth-order valence-electron chi connectivity index (χ4n) is 1.58. The van der Waals surface area contributed by atoms with Gasteiger partial charge in [-0.3, -0.25) is 4.79 Å². The molecule has 0 fully saturated rings. The maximum absolute atomic E-state index is 11.8. The Morgan fingerprint density at radius 1 is 1.14 bits per heavy atom. The van der Waals surface area contributed by atoms with Gasteiger partial charge in [0.1, 0.15) is 0 Å². The standard InChI is InChI=1S/C12H25NO/c1-5-7-8-9-12(14)13(10-6-2)11(3)4/h11H,5-10H2,1-4H3. The minimum absolute atomic E-state index is 0.329. The lowest BCUT2D eigenvalue weighted by atomic mass is 10.1. The van der Waals surface area contributed by atoms with Crippen LogP contribution in [0.4, 0.5) is 0 Å². The molecule has 0 N–H and O–H groups in total. The molecule has 14 heavy (non-hydrogen) atoms. The number of rotatable bonds is 7. The van der Waals surface area contributed by atoms with Crippen LogP contribution >= 0.6 is 0 Å². The lowest BCUT2D eigenvalue weighted by Gasteiger charge is -2.26. The lowest BCUT2D eigenvalue weighted by molar-refractivity contribution is -0.133. The molecule has 0 aromatic rings. The SMILES string of the molecule is CCCCCC(=O)N(CCC)C(C)C. The van der Waals surface area contributed by atoms with Crippen LogP contribution in [-0.4, -0.2) is 23.4 Å². The Hall–Kier alpha value is -0.530. The molecule has 0 aromatic heterocycles. The number of carbonyl (C=O) groups excluding carboxylic acids is 1. The number of unbranched alkanes of at least 4 members (excludes halogenated alkanes) is 2. The Labute approximate surface area is 88.7 Å². The molecule has 0 aliphatic carbocycles. The van der Waals surface area contributed by atoms with E-state index >= 15 is 0 Å². The van der Waals surface area contributed by atoms with Gasteiger partial charge >= 0.3 is 0 Å². The van der Waals surface area contributed by atoms with Crippen molar-refractivity contribution in [2.45, 2.75) is 65.8 Å². The Bertz CT molecular complexity index is 154. The maximum atomic E-state index is 11.8. The molecule has 2 heteroatoms. The van der Waals surface area contributed by atoms with Crippen molar-refractivity contribution in [2.75, 3.05) is 6.54 Å². The van der Waals surface area contributed by atoms with Crippen LogP contribution in [0.3, 0.4) is 0 Å². The fraction of sp³-hybridized carbons (Fsp3) is 0.917. The molecule has 2 nitrogen and oxygen atoms in total. The summed E-state index contributed by atoms with van der Waals surface area (Å²) in [6.45, 7) is 9.37. The third-order valence-electron chi connectivity index (χ3n) is 2.40. The van der Waals surface area contributed by atoms with Gasteiger partial charge in [-0.25, -0.2) is 0 Å². The van der Waals surface area contributed by atoms with E-state index in [1.807, 2.05) is 4.90 Å². The quantitative estimate of drug-likeness (QED) is 0.576. The van der Waals surface area contributed by atoms with Crippen LogP contribution in [0.15, 0.2) is 0 Å². The number of hydrogen-bond acceptors (Lipinski definition) is 1. The van der Waals surface area contributed by atoms with Crippen molar-refractivity contribution in [1.82, 2.24) is 4.90 Å². The first-order valence-electron chi connectivity index (χ1n) is 5.92. The first kappa shape index (κ1) is 13.5. The summed E-state index contributed by atoms with van der Waals surface area (Å²) < 4.78 is 0. The second-order valence-electron chi connectivity index (χ2n) is 4.14. The van der Waals surface area contributed by atoms with E-state index in [9.17, 15) is 4.79 Å². The number of nitrogens with zero attached hydrogens (tertiary/aromatic N) is 1. The highest BCUT2D eigenvalue weighted by molar-refractivity contribution is 5.76. The van der Waals surface area contributed by atoms with E-state index in [0.717, 1.165) is 25.8 Å². The van der Waals surface area contributed by atoms with Crippen molar-refractivity contribution in [3.63, 3.8) is 0 Å². The molecule has 0 aliphatic rings. The van der Waals surface area contributed by atoms with E-state index < -0.39 is 0 Å². The Kier molecular flexibility index (Phi) is 7.54. The molecule has 0 aromatic carbocycles. The van der Waals surface area contributed by atoms with Crippen LogP contribution in [0.25, 0.3) is 0 Å². The fourth-order valence-corrected chi connectivity index (χ4v) is 1.58. The molecule has 0 spiro atoms. The maximum Gasteiger partial charge on any atom is 0.222 e. The smallest absolute Gasteiger partial charge is 0.222 e. The summed E-state index contributed by atoms with van der Waals surface area (Å²) in [7, 11) is 0. The Balaban J connectivity index is 3.89. The molecule has 0 aliphatic heterocycles. The van der Waals surface area contributed by atoms with Crippen LogP contribution in [0.1, 0.15) is 59.8 Å². The van der Waals surface area contributed by atoms with E-state index in [1.54, 1.807) is 0 Å². The van der Waals surface area contributed by atoms with Crippen LogP contribution in [0.2, 0.25) is 0 Å². The highest BCUT2D eigenvalue weighted by Gasteiger charge is 2.14. The van der Waals surface area contributed by atoms with Gasteiger partial charge in [-0.1, -0.05) is 26.7 Å². The minimum atomic E-state index is 0.329. The van der Waals surface area contributed by atoms with E-state index in [-0.39, 0.29) is 0 Å². The molecular weight excluding hydrogens is 174 g/mol. The Morgan fingerprint density at radius 3 is 2.21 bits per heavy atom. The summed E-state index contributed by atoms with van der Waals surface area (Å²) in [5.41, 5.74) is 0. The zero-order chi connectivity index (χ0) is 11.0. The first-order valence-corrected chi connectivity index (χ1v) is 5.92. The summed E-state index contributed by atoms with van der Waals surface area (Å²) in [4.78, 5) is 13.8. The second-order valence-corrected chi connectivity index (χ2v) is 4.14. The van der Waals surface area contributed by atoms with Crippen molar-refractivity contribution in [3.8, 4) is 0 Å². The predicted octanol–water partition coefficient (Wildman–Crippen LogP) is 3.21. The van der Waals surface area contributed by atoms with E-state index in [4.69, 9.17) is 0 Å². The zero-order valence-electron chi connectivity index (χ0n) is 10.2. The van der Waals surface area contributed by atoms with Gasteiger partial charge in [0.05, 0.1) is 0 Å². The van der Waals surface area contributed by atoms with Gasteiger partial charge in [0, 0.05) is 19.0 Å². The van der Waals surface area contributed by atoms with Crippen LogP contribution < -0.4 is 0 Å². The van der Waals surface area contributed by atoms with E-state index in [2.05, 4.69) is 27.7 Å². The summed E-state index contributed by atoms with van der Waals surface area (Å²) >= 11 is 0. The highest BCUT2D eigenvalue weighted by Crippen LogP contribution is 2.07. The normalized spacial score (nSPS) is 10.6. The van der Waals surface area contributed by atoms with Gasteiger partial charge in [-0.2, -0.15) is 0 Å². The predicted molar refractivity (Wildman–Crippen MR) is 61.3 cm³/mol. The summed E-state index contributed by atoms with van der Waals surface area (Å²) in [5.74, 6) is 0.329. The average Bonchev–Trinajstić information content (AvgIpc) is 2.13. The summed E-state index contributed by atoms with van der Waals surface area (Å²) in [6, 6.07) is 0.351. The van der Waals surface area contributed by atoms with Gasteiger partial charge in [0.15, 0.2) is 0 Å². The molecule has 0 atom stereocenters. The molecule has 0 heterocycles. The average molecular weight is 199 g/mol. The van der Waals surface area contributed by atoms with Crippen molar-refractivity contribution in [2.24, 2.45) is 0 Å². The monoisotopic (exact) mass is 199 g/mol. The van der Waals surface area contributed by atoms with Crippen LogP contribution in [0, 0.1) is 0 Å². The van der Waals surface area contributed by atoms with Crippen LogP contribution in [-0.2, 0) is 4.79 Å². The zero-order valence-corrected chi connectivity index (χ0v) is 10.2. The minimum Gasteiger partial charge on any atom is -0.340 e. The Morgan fingerprint density at radius 2 is 1.79 bits per heavy atom. The van der Waals surface area contributed by atoms with Crippen LogP contribution in [0.5, 0.6) is 0 Å². The molecular formula is C12H25NO. The first-order chi connectivity index (χ1) is 6.63. The van der Waals surface area contributed by atoms with Gasteiger partial charge in [0.25, 0.3) is 0 Å². The highest BCUT2D eigenvalue weighted by atomic mass is 16.2. The molecule has 0 radical (unpaired) electrons. The summed E-state index contributed by atoms with van der Waals surface area (Å²) in [6.07, 6.45) is 5.18. The van der Waals surface area contributed by atoms with Crippen molar-refractivity contribution in [1.29, 1.82) is 0 Å². The van der Waals surface area contributed by atoms with Crippen molar-refractivity contribution in [3.05, 3.63) is 0 Å². The molecule has 0 bridgehead atoms. The van der Waals surface area contributed by atoms with E-state index in [1.165, 1.54) is 12.8 Å². The molecule has 0 rings (SSSR count). The van der Waals surface area contributed by atoms with Gasteiger partial charge < -0.3 is 4.90 Å². The molecule has 0 saturated carbocycles. The van der Waals surface area contributed by atoms with E-state index in [0.29, 0.717) is 11.9 Å². The number of carbonyl (C=O) groups is 1. The topological polar surface area (TPSA) is 20.3 Å². The molecule has 0 saturated heterocycles. The van der Waals surface area contributed by atoms with Crippen molar-refractivity contribution < 1.29 is 4.79 Å². The molecule has 0 unspecified atom stereocenters. The largest absolute Gasteiger partial charge is 0.340 e. The summed E-state index contributed by atoms with van der Waals surface area (Å²) in [5, 5.41) is 0. The second kappa shape index (κ2) is 7.84.